The van der Waals surface area contributed by atoms with Crippen molar-refractivity contribution >= 4 is 26.0 Å². The molecule has 7 heteroatoms. The zero-order valence-corrected chi connectivity index (χ0v) is 14.6. The summed E-state index contributed by atoms with van der Waals surface area (Å²) in [5.41, 5.74) is 1.07. The molecular weight excluding hydrogens is 356 g/mol. The summed E-state index contributed by atoms with van der Waals surface area (Å²) in [5, 5.41) is 3.40. The van der Waals surface area contributed by atoms with Gasteiger partial charge in [-0.15, -0.1) is 0 Å². The molecule has 2 N–H and O–H groups in total. The third kappa shape index (κ3) is 5.03. The molecular formula is C14H21BrN2O3S. The lowest BCUT2D eigenvalue weighted by Crippen LogP contribution is -2.35. The van der Waals surface area contributed by atoms with Crippen molar-refractivity contribution in [2.24, 2.45) is 0 Å². The largest absolute Gasteiger partial charge is 0.383 e. The fourth-order valence-corrected chi connectivity index (χ4v) is 4.39. The van der Waals surface area contributed by atoms with Gasteiger partial charge in [-0.3, -0.25) is 0 Å². The summed E-state index contributed by atoms with van der Waals surface area (Å²) in [7, 11) is -2.00. The average molecular weight is 377 g/mol. The number of benzene rings is 1. The molecule has 0 heterocycles. The quantitative estimate of drug-likeness (QED) is 0.728. The Morgan fingerprint density at radius 1 is 1.43 bits per heavy atom. The molecule has 0 saturated heterocycles. The molecule has 0 bridgehead atoms. The molecule has 1 fully saturated rings. The molecule has 1 aromatic carbocycles. The van der Waals surface area contributed by atoms with Crippen molar-refractivity contribution in [3.8, 4) is 0 Å². The molecule has 1 aromatic rings. The molecule has 5 nitrogen and oxygen atoms in total. The lowest BCUT2D eigenvalue weighted by Gasteiger charge is -2.15. The van der Waals surface area contributed by atoms with E-state index in [4.69, 9.17) is 4.74 Å². The summed E-state index contributed by atoms with van der Waals surface area (Å²) < 4.78 is 32.7. The highest BCUT2D eigenvalue weighted by Crippen LogP contribution is 2.24. The van der Waals surface area contributed by atoms with Crippen LogP contribution in [0.15, 0.2) is 27.6 Å². The number of rotatable bonds is 8. The van der Waals surface area contributed by atoms with Gasteiger partial charge < -0.3 is 10.1 Å². The van der Waals surface area contributed by atoms with E-state index in [-0.39, 0.29) is 10.9 Å². The first-order valence-electron chi connectivity index (χ1n) is 6.95. The molecule has 0 amide bonds. The van der Waals surface area contributed by atoms with E-state index in [1.807, 2.05) is 12.1 Å². The van der Waals surface area contributed by atoms with E-state index in [0.29, 0.717) is 17.1 Å². The Balaban J connectivity index is 2.07. The van der Waals surface area contributed by atoms with Crippen LogP contribution in [0.2, 0.25) is 0 Å². The Labute approximate surface area is 134 Å². The van der Waals surface area contributed by atoms with Gasteiger partial charge in [0.05, 0.1) is 11.5 Å². The van der Waals surface area contributed by atoms with Gasteiger partial charge in [0.1, 0.15) is 0 Å². The minimum absolute atomic E-state index is 0.251. The van der Waals surface area contributed by atoms with E-state index in [1.54, 1.807) is 20.1 Å². The molecule has 1 unspecified atom stereocenters. The van der Waals surface area contributed by atoms with E-state index in [9.17, 15) is 8.42 Å². The van der Waals surface area contributed by atoms with Gasteiger partial charge in [-0.1, -0.05) is 6.07 Å². The SMILES string of the molecule is COCC(C)NS(=O)(=O)c1ccc(CNC2CC2)cc1Br. The van der Waals surface area contributed by atoms with Crippen LogP contribution in [0.1, 0.15) is 25.3 Å². The molecule has 1 aliphatic rings. The Kier molecular flexibility index (Phi) is 5.79. The Morgan fingerprint density at radius 3 is 2.71 bits per heavy atom. The van der Waals surface area contributed by atoms with Gasteiger partial charge in [0.25, 0.3) is 0 Å². The van der Waals surface area contributed by atoms with Crippen molar-refractivity contribution < 1.29 is 13.2 Å². The summed E-state index contributed by atoms with van der Waals surface area (Å²) in [6.07, 6.45) is 2.46. The lowest BCUT2D eigenvalue weighted by atomic mass is 10.2. The third-order valence-corrected chi connectivity index (χ3v) is 5.80. The van der Waals surface area contributed by atoms with Gasteiger partial charge in [0, 0.05) is 30.2 Å². The minimum Gasteiger partial charge on any atom is -0.383 e. The smallest absolute Gasteiger partial charge is 0.242 e. The van der Waals surface area contributed by atoms with E-state index >= 15 is 0 Å². The zero-order valence-electron chi connectivity index (χ0n) is 12.2. The maximum Gasteiger partial charge on any atom is 0.242 e. The highest BCUT2D eigenvalue weighted by Gasteiger charge is 2.22. The van der Waals surface area contributed by atoms with Crippen LogP contribution in [-0.4, -0.2) is 34.2 Å². The van der Waals surface area contributed by atoms with Crippen LogP contribution in [0.5, 0.6) is 0 Å². The Bertz CT molecular complexity index is 588. The van der Waals surface area contributed by atoms with Gasteiger partial charge in [-0.05, 0) is 53.4 Å². The Morgan fingerprint density at radius 2 is 2.14 bits per heavy atom. The van der Waals surface area contributed by atoms with Gasteiger partial charge in [0.2, 0.25) is 10.0 Å². The minimum atomic E-state index is -3.55. The first-order chi connectivity index (χ1) is 9.92. The predicted octanol–water partition coefficient (Wildman–Crippen LogP) is 2.01. The predicted molar refractivity (Wildman–Crippen MR) is 85.7 cm³/mol. The number of methoxy groups -OCH3 is 1. The van der Waals surface area contributed by atoms with Crippen LogP contribution in [0.4, 0.5) is 0 Å². The number of ether oxygens (including phenoxy) is 1. The fourth-order valence-electron chi connectivity index (χ4n) is 2.03. The van der Waals surface area contributed by atoms with E-state index in [2.05, 4.69) is 26.0 Å². The molecule has 118 valence electrons. The van der Waals surface area contributed by atoms with Crippen molar-refractivity contribution in [3.05, 3.63) is 28.2 Å². The summed E-state index contributed by atoms with van der Waals surface area (Å²) in [4.78, 5) is 0.251. The molecule has 21 heavy (non-hydrogen) atoms. The molecule has 0 radical (unpaired) electrons. The van der Waals surface area contributed by atoms with Crippen LogP contribution in [0, 0.1) is 0 Å². The van der Waals surface area contributed by atoms with E-state index in [1.165, 1.54) is 12.8 Å². The molecule has 0 aliphatic heterocycles. The van der Waals surface area contributed by atoms with Crippen LogP contribution < -0.4 is 10.0 Å². The topological polar surface area (TPSA) is 67.4 Å². The second-order valence-corrected chi connectivity index (χ2v) is 7.93. The van der Waals surface area contributed by atoms with E-state index in [0.717, 1.165) is 12.1 Å². The maximum absolute atomic E-state index is 12.3. The molecule has 0 spiro atoms. The van der Waals surface area contributed by atoms with Gasteiger partial charge in [-0.25, -0.2) is 13.1 Å². The van der Waals surface area contributed by atoms with Crippen LogP contribution >= 0.6 is 15.9 Å². The second kappa shape index (κ2) is 7.19. The first-order valence-corrected chi connectivity index (χ1v) is 9.23. The standard InChI is InChI=1S/C14H21BrN2O3S/c1-10(9-20-2)17-21(18,19)14-6-3-11(7-13(14)15)8-16-12-4-5-12/h3,6-7,10,12,16-17H,4-5,8-9H2,1-2H3. The fraction of sp³-hybridized carbons (Fsp3) is 0.571. The van der Waals surface area contributed by atoms with Crippen LogP contribution in [0.25, 0.3) is 0 Å². The summed E-state index contributed by atoms with van der Waals surface area (Å²) in [6, 6.07) is 5.68. The molecule has 1 saturated carbocycles. The average Bonchev–Trinajstić information content (AvgIpc) is 3.19. The van der Waals surface area contributed by atoms with Crippen molar-refractivity contribution in [2.45, 2.75) is 43.3 Å². The zero-order chi connectivity index (χ0) is 15.5. The van der Waals surface area contributed by atoms with Crippen molar-refractivity contribution in [1.29, 1.82) is 0 Å². The molecule has 1 atom stereocenters. The van der Waals surface area contributed by atoms with Crippen LogP contribution in [0.3, 0.4) is 0 Å². The van der Waals surface area contributed by atoms with Crippen molar-refractivity contribution in [1.82, 2.24) is 10.0 Å². The molecule has 0 aromatic heterocycles. The van der Waals surface area contributed by atoms with Gasteiger partial charge in [-0.2, -0.15) is 0 Å². The lowest BCUT2D eigenvalue weighted by molar-refractivity contribution is 0.180. The first kappa shape index (κ1) is 16.9. The number of hydrogen-bond acceptors (Lipinski definition) is 4. The van der Waals surface area contributed by atoms with Crippen LogP contribution in [-0.2, 0) is 21.3 Å². The summed E-state index contributed by atoms with van der Waals surface area (Å²) in [6.45, 7) is 2.86. The number of hydrogen-bond donors (Lipinski definition) is 2. The summed E-state index contributed by atoms with van der Waals surface area (Å²) >= 11 is 3.36. The van der Waals surface area contributed by atoms with Crippen molar-refractivity contribution in [3.63, 3.8) is 0 Å². The molecule has 2 rings (SSSR count). The van der Waals surface area contributed by atoms with E-state index < -0.39 is 10.0 Å². The Hall–Kier alpha value is -0.470. The molecule has 1 aliphatic carbocycles. The number of sulfonamides is 1. The van der Waals surface area contributed by atoms with Crippen molar-refractivity contribution in [2.75, 3.05) is 13.7 Å². The number of nitrogens with one attached hydrogen (secondary N) is 2. The van der Waals surface area contributed by atoms with Gasteiger partial charge >= 0.3 is 0 Å². The van der Waals surface area contributed by atoms with Gasteiger partial charge in [0.15, 0.2) is 0 Å². The highest BCUT2D eigenvalue weighted by molar-refractivity contribution is 9.10. The normalized spacial score (nSPS) is 16.9. The number of halogens is 1. The highest BCUT2D eigenvalue weighted by atomic mass is 79.9. The monoisotopic (exact) mass is 376 g/mol. The second-order valence-electron chi connectivity index (χ2n) is 5.40. The summed E-state index contributed by atoms with van der Waals surface area (Å²) in [5.74, 6) is 0. The maximum atomic E-state index is 12.3. The third-order valence-electron chi connectivity index (χ3n) is 3.23.